The summed E-state index contributed by atoms with van der Waals surface area (Å²) in [5.74, 6) is 1.60. The van der Waals surface area contributed by atoms with Gasteiger partial charge in [0.1, 0.15) is 11.5 Å². The highest BCUT2D eigenvalue weighted by Gasteiger charge is 2.24. The number of hydrogen-bond donors (Lipinski definition) is 0. The number of benzene rings is 2. The molecule has 0 N–H and O–H groups in total. The molecule has 4 nitrogen and oxygen atoms in total. The van der Waals surface area contributed by atoms with Gasteiger partial charge in [-0.25, -0.2) is 14.3 Å². The summed E-state index contributed by atoms with van der Waals surface area (Å²) in [6, 6.07) is 14.2. The largest absolute Gasteiger partial charge is 0.440 e. The highest BCUT2D eigenvalue weighted by Crippen LogP contribution is 2.39. The number of aromatic nitrogens is 1. The van der Waals surface area contributed by atoms with Crippen LogP contribution in [-0.4, -0.2) is 12.1 Å². The van der Waals surface area contributed by atoms with Gasteiger partial charge in [-0.1, -0.05) is 19.3 Å². The lowest BCUT2D eigenvalue weighted by atomic mass is 9.89. The normalized spacial score (nSPS) is 15.1. The lowest BCUT2D eigenvalue weighted by Gasteiger charge is -2.17. The highest BCUT2D eigenvalue weighted by atomic mass is 32.2. The van der Waals surface area contributed by atoms with Crippen LogP contribution in [0.2, 0.25) is 0 Å². The van der Waals surface area contributed by atoms with Gasteiger partial charge in [0.15, 0.2) is 11.7 Å². The molecule has 1 saturated carbocycles. The molecule has 0 bridgehead atoms. The van der Waals surface area contributed by atoms with Crippen molar-refractivity contribution in [2.45, 2.75) is 42.9 Å². The molecule has 28 heavy (non-hydrogen) atoms. The van der Waals surface area contributed by atoms with Gasteiger partial charge in [0.25, 0.3) is 0 Å². The molecule has 0 amide bonds. The summed E-state index contributed by atoms with van der Waals surface area (Å²) >= 11 is 1.14. The van der Waals surface area contributed by atoms with Crippen molar-refractivity contribution in [3.05, 3.63) is 60.2 Å². The van der Waals surface area contributed by atoms with E-state index in [1.807, 2.05) is 24.3 Å². The molecule has 2 aromatic carbocycles. The molecule has 0 atom stereocenters. The van der Waals surface area contributed by atoms with Crippen LogP contribution in [0.5, 0.6) is 0 Å². The minimum absolute atomic E-state index is 0.263. The molecule has 0 radical (unpaired) electrons. The molecule has 0 unspecified atom stereocenters. The zero-order valence-corrected chi connectivity index (χ0v) is 16.5. The Morgan fingerprint density at radius 3 is 2.32 bits per heavy atom. The van der Waals surface area contributed by atoms with E-state index >= 15 is 0 Å². The zero-order valence-electron chi connectivity index (χ0n) is 15.7. The van der Waals surface area contributed by atoms with E-state index in [9.17, 15) is 4.39 Å². The molecule has 1 heterocycles. The maximum atomic E-state index is 13.4. The Bertz CT molecular complexity index is 903. The molecule has 6 heteroatoms. The first kappa shape index (κ1) is 19.2. The van der Waals surface area contributed by atoms with Crippen molar-refractivity contribution in [1.82, 2.24) is 4.98 Å². The summed E-state index contributed by atoms with van der Waals surface area (Å²) in [5, 5.41) is 0. The standard InChI is InChI=1S/C22H22FNO3S/c1-25-27-28-19-13-9-16(10-14-19)21-20(15-7-11-18(23)12-8-15)24-22(26-21)17-5-3-2-4-6-17/h7-14,17H,2-6H2,1H3. The van der Waals surface area contributed by atoms with Crippen molar-refractivity contribution >= 4 is 12.0 Å². The van der Waals surface area contributed by atoms with Crippen molar-refractivity contribution in [3.8, 4) is 22.6 Å². The highest BCUT2D eigenvalue weighted by molar-refractivity contribution is 7.94. The van der Waals surface area contributed by atoms with E-state index in [4.69, 9.17) is 13.7 Å². The second kappa shape index (κ2) is 8.90. The van der Waals surface area contributed by atoms with E-state index in [1.54, 1.807) is 12.1 Å². The average molecular weight is 399 g/mol. The summed E-state index contributed by atoms with van der Waals surface area (Å²) in [4.78, 5) is 10.4. The maximum absolute atomic E-state index is 13.4. The lowest BCUT2D eigenvalue weighted by molar-refractivity contribution is -0.160. The van der Waals surface area contributed by atoms with E-state index in [2.05, 4.69) is 4.89 Å². The topological polar surface area (TPSA) is 44.5 Å². The number of oxazole rings is 1. The number of halogens is 1. The van der Waals surface area contributed by atoms with Crippen molar-refractivity contribution in [2.24, 2.45) is 0 Å². The Morgan fingerprint density at radius 2 is 1.64 bits per heavy atom. The number of nitrogens with zero attached hydrogens (tertiary/aromatic N) is 1. The van der Waals surface area contributed by atoms with Crippen molar-refractivity contribution in [1.29, 1.82) is 0 Å². The van der Waals surface area contributed by atoms with Crippen LogP contribution in [0.4, 0.5) is 4.39 Å². The average Bonchev–Trinajstić information content (AvgIpc) is 3.19. The Kier molecular flexibility index (Phi) is 6.10. The molecular formula is C22H22FNO3S. The third-order valence-electron chi connectivity index (χ3n) is 5.03. The second-order valence-electron chi connectivity index (χ2n) is 6.91. The quantitative estimate of drug-likeness (QED) is 0.260. The van der Waals surface area contributed by atoms with Gasteiger partial charge in [-0.15, -0.1) is 0 Å². The molecule has 3 aromatic rings. The summed E-state index contributed by atoms with van der Waals surface area (Å²) in [6.45, 7) is 0. The van der Waals surface area contributed by atoms with E-state index in [0.29, 0.717) is 5.92 Å². The summed E-state index contributed by atoms with van der Waals surface area (Å²) in [7, 11) is 1.47. The molecule has 1 fully saturated rings. The smallest absolute Gasteiger partial charge is 0.198 e. The third kappa shape index (κ3) is 4.29. The molecule has 1 aliphatic carbocycles. The van der Waals surface area contributed by atoms with Crippen molar-refractivity contribution in [2.75, 3.05) is 7.11 Å². The first-order valence-electron chi connectivity index (χ1n) is 9.49. The molecule has 1 aliphatic rings. The van der Waals surface area contributed by atoms with Crippen LogP contribution in [0.15, 0.2) is 57.8 Å². The van der Waals surface area contributed by atoms with Crippen LogP contribution in [0.1, 0.15) is 43.9 Å². The Hall–Kier alpha value is -2.15. The van der Waals surface area contributed by atoms with Crippen LogP contribution < -0.4 is 0 Å². The SMILES string of the molecule is COOSc1ccc(-c2oc(C3CCCCC3)nc2-c2ccc(F)cc2)cc1. The van der Waals surface area contributed by atoms with Crippen LogP contribution in [-0.2, 0) is 9.22 Å². The molecule has 0 spiro atoms. The predicted molar refractivity (Wildman–Crippen MR) is 107 cm³/mol. The van der Waals surface area contributed by atoms with Crippen LogP contribution in [0.25, 0.3) is 22.6 Å². The second-order valence-corrected chi connectivity index (χ2v) is 7.69. The first-order valence-corrected chi connectivity index (χ1v) is 10.2. The van der Waals surface area contributed by atoms with E-state index in [1.165, 1.54) is 38.5 Å². The minimum atomic E-state index is -0.263. The van der Waals surface area contributed by atoms with E-state index < -0.39 is 0 Å². The van der Waals surface area contributed by atoms with Crippen molar-refractivity contribution < 1.29 is 18.0 Å². The summed E-state index contributed by atoms with van der Waals surface area (Å²) < 4.78 is 24.6. The lowest BCUT2D eigenvalue weighted by Crippen LogP contribution is -2.04. The molecule has 0 saturated heterocycles. The van der Waals surface area contributed by atoms with E-state index in [-0.39, 0.29) is 5.82 Å². The van der Waals surface area contributed by atoms with Crippen LogP contribution in [0, 0.1) is 5.82 Å². The minimum Gasteiger partial charge on any atom is -0.440 e. The molecular weight excluding hydrogens is 377 g/mol. The molecule has 4 rings (SSSR count). The third-order valence-corrected chi connectivity index (χ3v) is 5.70. The van der Waals surface area contributed by atoms with Gasteiger partial charge in [-0.3, -0.25) is 0 Å². The van der Waals surface area contributed by atoms with Gasteiger partial charge in [0.05, 0.1) is 19.2 Å². The summed E-state index contributed by atoms with van der Waals surface area (Å²) in [6.07, 6.45) is 5.90. The molecule has 146 valence electrons. The predicted octanol–water partition coefficient (Wildman–Crippen LogP) is 6.78. The fraction of sp³-hybridized carbons (Fsp3) is 0.318. The molecule has 0 aliphatic heterocycles. The van der Waals surface area contributed by atoms with Crippen LogP contribution >= 0.6 is 12.0 Å². The Labute approximate surface area is 168 Å². The Balaban J connectivity index is 1.71. The van der Waals surface area contributed by atoms with Gasteiger partial charge in [-0.05, 0) is 61.4 Å². The van der Waals surface area contributed by atoms with Gasteiger partial charge < -0.3 is 4.42 Å². The summed E-state index contributed by atoms with van der Waals surface area (Å²) in [5.41, 5.74) is 2.54. The first-order chi connectivity index (χ1) is 13.7. The Morgan fingerprint density at radius 1 is 0.964 bits per heavy atom. The van der Waals surface area contributed by atoms with E-state index in [0.717, 1.165) is 58.3 Å². The fourth-order valence-electron chi connectivity index (χ4n) is 3.60. The van der Waals surface area contributed by atoms with Crippen molar-refractivity contribution in [3.63, 3.8) is 0 Å². The van der Waals surface area contributed by atoms with Gasteiger partial charge in [0.2, 0.25) is 0 Å². The van der Waals surface area contributed by atoms with Gasteiger partial charge in [0, 0.05) is 21.9 Å². The van der Waals surface area contributed by atoms with Gasteiger partial charge >= 0.3 is 0 Å². The monoisotopic (exact) mass is 399 g/mol. The fourth-order valence-corrected chi connectivity index (χ4v) is 3.99. The number of rotatable bonds is 6. The molecule has 1 aromatic heterocycles. The van der Waals surface area contributed by atoms with Gasteiger partial charge in [-0.2, -0.15) is 4.33 Å². The zero-order chi connectivity index (χ0) is 19.3. The number of hydrogen-bond acceptors (Lipinski definition) is 5. The van der Waals surface area contributed by atoms with Crippen LogP contribution in [0.3, 0.4) is 0 Å². The maximum Gasteiger partial charge on any atom is 0.198 e.